The molecule has 2 atom stereocenters. The van der Waals surface area contributed by atoms with Gasteiger partial charge in [0.25, 0.3) is 0 Å². The van der Waals surface area contributed by atoms with Gasteiger partial charge in [0.1, 0.15) is 0 Å². The highest BCUT2D eigenvalue weighted by Crippen LogP contribution is 2.18. The summed E-state index contributed by atoms with van der Waals surface area (Å²) in [6, 6.07) is 9.00. The lowest BCUT2D eigenvalue weighted by atomic mass is 10.0. The van der Waals surface area contributed by atoms with E-state index in [0.29, 0.717) is 32.2 Å². The Kier molecular flexibility index (Phi) is 6.38. The highest BCUT2D eigenvalue weighted by atomic mass is 16.4. The fraction of sp³-hybridized carbons (Fsp3) is 0.500. The van der Waals surface area contributed by atoms with E-state index >= 15 is 0 Å². The van der Waals surface area contributed by atoms with Crippen molar-refractivity contribution in [2.24, 2.45) is 0 Å². The predicted molar refractivity (Wildman–Crippen MR) is 93.1 cm³/mol. The second kappa shape index (κ2) is 8.50. The fourth-order valence-electron chi connectivity index (χ4n) is 2.92. The molecule has 0 aromatic heterocycles. The predicted octanol–water partition coefficient (Wildman–Crippen LogP) is 1.43. The van der Waals surface area contributed by atoms with Crippen LogP contribution in [0.15, 0.2) is 30.3 Å². The third-order valence-corrected chi connectivity index (χ3v) is 4.35. The molecule has 0 bridgehead atoms. The number of rotatable bonds is 8. The molecule has 136 valence electrons. The van der Waals surface area contributed by atoms with Crippen LogP contribution in [-0.4, -0.2) is 41.1 Å². The smallest absolute Gasteiger partial charge is 0.315 e. The van der Waals surface area contributed by atoms with Gasteiger partial charge < -0.3 is 21.1 Å². The molecule has 2 unspecified atom stereocenters. The minimum Gasteiger partial charge on any atom is -0.481 e. The number of amides is 3. The molecule has 0 saturated carbocycles. The lowest BCUT2D eigenvalue weighted by Crippen LogP contribution is -2.52. The van der Waals surface area contributed by atoms with Crippen molar-refractivity contribution in [2.75, 3.05) is 6.54 Å². The first-order chi connectivity index (χ1) is 11.9. The summed E-state index contributed by atoms with van der Waals surface area (Å²) in [6.45, 7) is 2.23. The lowest BCUT2D eigenvalue weighted by Gasteiger charge is -2.25. The summed E-state index contributed by atoms with van der Waals surface area (Å²) in [5.41, 5.74) is 0.609. The van der Waals surface area contributed by atoms with Gasteiger partial charge in [-0.2, -0.15) is 0 Å². The molecule has 4 N–H and O–H groups in total. The second-order valence-corrected chi connectivity index (χ2v) is 6.75. The van der Waals surface area contributed by atoms with Crippen molar-refractivity contribution in [3.05, 3.63) is 35.9 Å². The summed E-state index contributed by atoms with van der Waals surface area (Å²) >= 11 is 0. The van der Waals surface area contributed by atoms with Crippen LogP contribution in [0.5, 0.6) is 0 Å². The Morgan fingerprint density at radius 1 is 1.32 bits per heavy atom. The maximum Gasteiger partial charge on any atom is 0.315 e. The minimum atomic E-state index is -0.888. The van der Waals surface area contributed by atoms with E-state index in [1.165, 1.54) is 0 Å². The number of aliphatic carboxylic acids is 1. The monoisotopic (exact) mass is 347 g/mol. The second-order valence-electron chi connectivity index (χ2n) is 6.75. The molecule has 1 aromatic rings. The molecule has 1 aliphatic rings. The molecule has 1 saturated heterocycles. The molecule has 7 nitrogen and oxygen atoms in total. The maximum absolute atomic E-state index is 12.2. The number of hydrogen-bond acceptors (Lipinski definition) is 3. The molecular formula is C18H25N3O4. The average Bonchev–Trinajstić information content (AvgIpc) is 2.91. The zero-order valence-electron chi connectivity index (χ0n) is 14.4. The standard InChI is InChI=1S/C18H25N3O4/c1-18(10-9-15(22)21-18)12-19-17(25)20-14(7-8-16(23)24)11-13-5-3-2-4-6-13/h2-6,14H,7-12H2,1H3,(H,21,22)(H,23,24)(H2,19,20,25). The van der Waals surface area contributed by atoms with Crippen LogP contribution in [0.1, 0.15) is 38.2 Å². The summed E-state index contributed by atoms with van der Waals surface area (Å²) in [6.07, 6.45) is 2.06. The summed E-state index contributed by atoms with van der Waals surface area (Å²) in [4.78, 5) is 34.4. The summed E-state index contributed by atoms with van der Waals surface area (Å²) in [5.74, 6) is -0.894. The van der Waals surface area contributed by atoms with Crippen LogP contribution >= 0.6 is 0 Å². The zero-order valence-corrected chi connectivity index (χ0v) is 14.4. The van der Waals surface area contributed by atoms with Gasteiger partial charge in [0.2, 0.25) is 5.91 Å². The van der Waals surface area contributed by atoms with Crippen molar-refractivity contribution < 1.29 is 19.5 Å². The molecular weight excluding hydrogens is 322 g/mol. The lowest BCUT2D eigenvalue weighted by molar-refractivity contribution is -0.137. The number of carboxylic acids is 1. The number of carboxylic acid groups (broad SMARTS) is 1. The Morgan fingerprint density at radius 2 is 2.04 bits per heavy atom. The van der Waals surface area contributed by atoms with Crippen LogP contribution in [0.25, 0.3) is 0 Å². The summed E-state index contributed by atoms with van der Waals surface area (Å²) in [7, 11) is 0. The van der Waals surface area contributed by atoms with Gasteiger partial charge in [0.15, 0.2) is 0 Å². The van der Waals surface area contributed by atoms with E-state index in [9.17, 15) is 14.4 Å². The molecule has 3 amide bonds. The van der Waals surface area contributed by atoms with Crippen molar-refractivity contribution in [1.29, 1.82) is 0 Å². The number of nitrogens with one attached hydrogen (secondary N) is 3. The van der Waals surface area contributed by atoms with E-state index in [-0.39, 0.29) is 24.4 Å². The van der Waals surface area contributed by atoms with E-state index < -0.39 is 11.5 Å². The van der Waals surface area contributed by atoms with E-state index in [2.05, 4.69) is 16.0 Å². The van der Waals surface area contributed by atoms with Crippen molar-refractivity contribution >= 4 is 17.9 Å². The number of carbonyl (C=O) groups is 3. The number of carbonyl (C=O) groups excluding carboxylic acids is 2. The van der Waals surface area contributed by atoms with Gasteiger partial charge in [0.05, 0.1) is 5.54 Å². The topological polar surface area (TPSA) is 108 Å². The van der Waals surface area contributed by atoms with E-state index in [1.807, 2.05) is 37.3 Å². The fourth-order valence-corrected chi connectivity index (χ4v) is 2.92. The van der Waals surface area contributed by atoms with Crippen molar-refractivity contribution in [2.45, 2.75) is 50.6 Å². The molecule has 1 aliphatic heterocycles. The molecule has 7 heteroatoms. The van der Waals surface area contributed by atoms with Gasteiger partial charge in [-0.25, -0.2) is 4.79 Å². The zero-order chi connectivity index (χ0) is 18.3. The quantitative estimate of drug-likeness (QED) is 0.570. The Hall–Kier alpha value is -2.57. The highest BCUT2D eigenvalue weighted by molar-refractivity contribution is 5.80. The Balaban J connectivity index is 1.87. The molecule has 25 heavy (non-hydrogen) atoms. The number of hydrogen-bond donors (Lipinski definition) is 4. The van der Waals surface area contributed by atoms with Gasteiger partial charge in [-0.3, -0.25) is 9.59 Å². The molecule has 1 fully saturated rings. The van der Waals surface area contributed by atoms with Gasteiger partial charge in [-0.05, 0) is 31.7 Å². The molecule has 0 radical (unpaired) electrons. The largest absolute Gasteiger partial charge is 0.481 e. The maximum atomic E-state index is 12.2. The first-order valence-corrected chi connectivity index (χ1v) is 8.47. The van der Waals surface area contributed by atoms with Crippen LogP contribution < -0.4 is 16.0 Å². The van der Waals surface area contributed by atoms with Gasteiger partial charge in [0, 0.05) is 25.4 Å². The van der Waals surface area contributed by atoms with Crippen LogP contribution in [0, 0.1) is 0 Å². The van der Waals surface area contributed by atoms with Gasteiger partial charge in [-0.1, -0.05) is 30.3 Å². The van der Waals surface area contributed by atoms with Crippen molar-refractivity contribution in [3.63, 3.8) is 0 Å². The van der Waals surface area contributed by atoms with Gasteiger partial charge >= 0.3 is 12.0 Å². The third-order valence-electron chi connectivity index (χ3n) is 4.35. The Morgan fingerprint density at radius 3 is 2.64 bits per heavy atom. The Bertz CT molecular complexity index is 620. The molecule has 1 heterocycles. The number of benzene rings is 1. The number of urea groups is 1. The highest BCUT2D eigenvalue weighted by Gasteiger charge is 2.33. The van der Waals surface area contributed by atoms with Crippen LogP contribution in [0.2, 0.25) is 0 Å². The van der Waals surface area contributed by atoms with E-state index in [1.54, 1.807) is 0 Å². The van der Waals surface area contributed by atoms with Crippen LogP contribution in [-0.2, 0) is 16.0 Å². The molecule has 1 aromatic carbocycles. The minimum absolute atomic E-state index is 0.00637. The third kappa shape index (κ3) is 6.45. The summed E-state index contributed by atoms with van der Waals surface area (Å²) in [5, 5.41) is 17.4. The normalized spacial score (nSPS) is 20.6. The SMILES string of the molecule is CC1(CNC(=O)NC(CCC(=O)O)Cc2ccccc2)CCC(=O)N1. The molecule has 2 rings (SSSR count). The van der Waals surface area contributed by atoms with E-state index in [4.69, 9.17) is 5.11 Å². The molecule has 0 aliphatic carbocycles. The van der Waals surface area contributed by atoms with Gasteiger partial charge in [-0.15, -0.1) is 0 Å². The average molecular weight is 347 g/mol. The molecule has 0 spiro atoms. The first-order valence-electron chi connectivity index (χ1n) is 8.47. The van der Waals surface area contributed by atoms with Crippen molar-refractivity contribution in [1.82, 2.24) is 16.0 Å². The van der Waals surface area contributed by atoms with Crippen molar-refractivity contribution in [3.8, 4) is 0 Å². The first kappa shape index (κ1) is 18.8. The van der Waals surface area contributed by atoms with Crippen LogP contribution in [0.4, 0.5) is 4.79 Å². The van der Waals surface area contributed by atoms with Crippen LogP contribution in [0.3, 0.4) is 0 Å². The Labute approximate surface area is 147 Å². The summed E-state index contributed by atoms with van der Waals surface area (Å²) < 4.78 is 0. The van der Waals surface area contributed by atoms with E-state index in [0.717, 1.165) is 5.56 Å².